The van der Waals surface area contributed by atoms with E-state index in [2.05, 4.69) is 20.5 Å². The minimum absolute atomic E-state index is 0.712. The normalized spacial score (nSPS) is 10.9. The molecule has 0 fully saturated rings. The predicted molar refractivity (Wildman–Crippen MR) is 69.3 cm³/mol. The van der Waals surface area contributed by atoms with Crippen LogP contribution in [-0.4, -0.2) is 15.2 Å². The molecule has 3 aromatic rings. The molecule has 5 heteroatoms. The van der Waals surface area contributed by atoms with Crippen LogP contribution in [0, 0.1) is 0 Å². The van der Waals surface area contributed by atoms with E-state index in [1.54, 1.807) is 6.20 Å². The van der Waals surface area contributed by atoms with Crippen molar-refractivity contribution in [2.75, 3.05) is 5.32 Å². The van der Waals surface area contributed by atoms with Crippen LogP contribution in [0.1, 0.15) is 18.5 Å². The van der Waals surface area contributed by atoms with Gasteiger partial charge in [0.2, 0.25) is 0 Å². The minimum Gasteiger partial charge on any atom is -0.441 e. The number of hydrogen-bond donors (Lipinski definition) is 2. The van der Waals surface area contributed by atoms with Gasteiger partial charge < -0.3 is 9.73 Å². The standard InChI is InChI=1S/C13H14N4O/c1-2-13-16-11-7-9(3-4-12(11)18-13)14-8-10-5-6-15-17-10/h3-7,14H,2,8H2,1H3,(H,15,17). The molecular weight excluding hydrogens is 228 g/mol. The number of benzene rings is 1. The fraction of sp³-hybridized carbons (Fsp3) is 0.231. The maximum atomic E-state index is 5.57. The van der Waals surface area contributed by atoms with Crippen LogP contribution in [0.25, 0.3) is 11.1 Å². The highest BCUT2D eigenvalue weighted by Gasteiger charge is 2.04. The maximum absolute atomic E-state index is 5.57. The minimum atomic E-state index is 0.712. The second-order valence-corrected chi connectivity index (χ2v) is 4.08. The van der Waals surface area contributed by atoms with Gasteiger partial charge in [-0.1, -0.05) is 6.92 Å². The van der Waals surface area contributed by atoms with Crippen LogP contribution in [0.15, 0.2) is 34.9 Å². The fourth-order valence-corrected chi connectivity index (χ4v) is 1.82. The molecule has 2 N–H and O–H groups in total. The molecule has 92 valence electrons. The number of nitrogens with one attached hydrogen (secondary N) is 2. The summed E-state index contributed by atoms with van der Waals surface area (Å²) in [5, 5.41) is 10.1. The molecule has 0 radical (unpaired) electrons. The van der Waals surface area contributed by atoms with Crippen molar-refractivity contribution < 1.29 is 4.42 Å². The van der Waals surface area contributed by atoms with Crippen LogP contribution in [0.4, 0.5) is 5.69 Å². The maximum Gasteiger partial charge on any atom is 0.195 e. The summed E-state index contributed by atoms with van der Waals surface area (Å²) in [5.74, 6) is 0.774. The highest BCUT2D eigenvalue weighted by molar-refractivity contribution is 5.77. The predicted octanol–water partition coefficient (Wildman–Crippen LogP) is 2.73. The summed E-state index contributed by atoms with van der Waals surface area (Å²) in [6.07, 6.45) is 2.55. The number of fused-ring (bicyclic) bond motifs is 1. The Morgan fingerprint density at radius 1 is 1.33 bits per heavy atom. The summed E-state index contributed by atoms with van der Waals surface area (Å²) >= 11 is 0. The quantitative estimate of drug-likeness (QED) is 0.738. The molecule has 18 heavy (non-hydrogen) atoms. The molecule has 0 bridgehead atoms. The molecule has 0 saturated carbocycles. The Bertz CT molecular complexity index is 642. The van der Waals surface area contributed by atoms with Crippen molar-refractivity contribution in [2.24, 2.45) is 0 Å². The van der Waals surface area contributed by atoms with Crippen molar-refractivity contribution in [3.8, 4) is 0 Å². The fourth-order valence-electron chi connectivity index (χ4n) is 1.82. The molecule has 0 aliphatic carbocycles. The van der Waals surface area contributed by atoms with Crippen molar-refractivity contribution in [3.63, 3.8) is 0 Å². The Hall–Kier alpha value is -2.30. The van der Waals surface area contributed by atoms with Gasteiger partial charge in [0.15, 0.2) is 11.5 Å². The lowest BCUT2D eigenvalue weighted by Crippen LogP contribution is -1.99. The molecule has 1 aromatic carbocycles. The first-order chi connectivity index (χ1) is 8.85. The van der Waals surface area contributed by atoms with Crippen molar-refractivity contribution in [3.05, 3.63) is 42.0 Å². The van der Waals surface area contributed by atoms with Gasteiger partial charge in [-0.2, -0.15) is 5.10 Å². The van der Waals surface area contributed by atoms with Gasteiger partial charge >= 0.3 is 0 Å². The number of aromatic amines is 1. The van der Waals surface area contributed by atoms with E-state index in [4.69, 9.17) is 4.42 Å². The highest BCUT2D eigenvalue weighted by Crippen LogP contribution is 2.20. The number of nitrogens with zero attached hydrogens (tertiary/aromatic N) is 2. The summed E-state index contributed by atoms with van der Waals surface area (Å²) in [6, 6.07) is 7.87. The van der Waals surface area contributed by atoms with Crippen molar-refractivity contribution in [1.82, 2.24) is 15.2 Å². The van der Waals surface area contributed by atoms with Gasteiger partial charge in [0, 0.05) is 18.3 Å². The lowest BCUT2D eigenvalue weighted by molar-refractivity contribution is 0.538. The molecule has 0 unspecified atom stereocenters. The van der Waals surface area contributed by atoms with Crippen LogP contribution in [0.3, 0.4) is 0 Å². The van der Waals surface area contributed by atoms with E-state index in [9.17, 15) is 0 Å². The van der Waals surface area contributed by atoms with Crippen molar-refractivity contribution >= 4 is 16.8 Å². The molecule has 3 rings (SSSR count). The van der Waals surface area contributed by atoms with Gasteiger partial charge in [-0.15, -0.1) is 0 Å². The van der Waals surface area contributed by atoms with Crippen molar-refractivity contribution in [2.45, 2.75) is 19.9 Å². The molecular formula is C13H14N4O. The van der Waals surface area contributed by atoms with Gasteiger partial charge in [0.1, 0.15) is 5.52 Å². The second-order valence-electron chi connectivity index (χ2n) is 4.08. The van der Waals surface area contributed by atoms with E-state index in [0.717, 1.165) is 34.8 Å². The third kappa shape index (κ3) is 2.07. The number of aryl methyl sites for hydroxylation is 1. The van der Waals surface area contributed by atoms with E-state index in [1.165, 1.54) is 0 Å². The monoisotopic (exact) mass is 242 g/mol. The largest absolute Gasteiger partial charge is 0.441 e. The van der Waals surface area contributed by atoms with Gasteiger partial charge in [0.05, 0.1) is 12.2 Å². The first kappa shape index (κ1) is 10.8. The van der Waals surface area contributed by atoms with Crippen LogP contribution in [0.2, 0.25) is 0 Å². The molecule has 2 aromatic heterocycles. The topological polar surface area (TPSA) is 66.7 Å². The number of rotatable bonds is 4. The number of oxazole rings is 1. The van der Waals surface area contributed by atoms with Gasteiger partial charge in [0.25, 0.3) is 0 Å². The molecule has 0 aliphatic heterocycles. The molecule has 0 atom stereocenters. The zero-order chi connectivity index (χ0) is 12.4. The lowest BCUT2D eigenvalue weighted by atomic mass is 10.3. The van der Waals surface area contributed by atoms with E-state index in [-0.39, 0.29) is 0 Å². The lowest BCUT2D eigenvalue weighted by Gasteiger charge is -2.03. The highest BCUT2D eigenvalue weighted by atomic mass is 16.3. The number of hydrogen-bond acceptors (Lipinski definition) is 4. The first-order valence-electron chi connectivity index (χ1n) is 5.97. The summed E-state index contributed by atoms with van der Waals surface area (Å²) in [6.45, 7) is 2.74. The van der Waals surface area contributed by atoms with Crippen LogP contribution >= 0.6 is 0 Å². The molecule has 0 saturated heterocycles. The smallest absolute Gasteiger partial charge is 0.195 e. The van der Waals surface area contributed by atoms with Crippen LogP contribution in [0.5, 0.6) is 0 Å². The van der Waals surface area contributed by atoms with Gasteiger partial charge in [-0.05, 0) is 24.3 Å². The van der Waals surface area contributed by atoms with E-state index >= 15 is 0 Å². The summed E-state index contributed by atoms with van der Waals surface area (Å²) in [5.41, 5.74) is 3.79. The number of aromatic nitrogens is 3. The second kappa shape index (κ2) is 4.52. The van der Waals surface area contributed by atoms with Gasteiger partial charge in [-0.3, -0.25) is 5.10 Å². The molecule has 0 spiro atoms. The molecule has 0 aliphatic rings. The van der Waals surface area contributed by atoms with Gasteiger partial charge in [-0.25, -0.2) is 4.98 Å². The zero-order valence-electron chi connectivity index (χ0n) is 10.1. The zero-order valence-corrected chi connectivity index (χ0v) is 10.1. The third-order valence-electron chi connectivity index (χ3n) is 2.78. The summed E-state index contributed by atoms with van der Waals surface area (Å²) in [7, 11) is 0. The summed E-state index contributed by atoms with van der Waals surface area (Å²) < 4.78 is 5.57. The van der Waals surface area contributed by atoms with Crippen LogP contribution < -0.4 is 5.32 Å². The van der Waals surface area contributed by atoms with E-state index < -0.39 is 0 Å². The average molecular weight is 242 g/mol. The molecule has 0 amide bonds. The average Bonchev–Trinajstić information content (AvgIpc) is 3.04. The Labute approximate surface area is 104 Å². The van der Waals surface area contributed by atoms with Crippen molar-refractivity contribution in [1.29, 1.82) is 0 Å². The molecule has 5 nitrogen and oxygen atoms in total. The SMILES string of the molecule is CCc1nc2cc(NCc3ccn[nH]3)ccc2o1. The number of H-pyrrole nitrogens is 1. The Balaban J connectivity index is 1.80. The first-order valence-corrected chi connectivity index (χ1v) is 5.97. The third-order valence-corrected chi connectivity index (χ3v) is 2.78. The van der Waals surface area contributed by atoms with E-state index in [0.29, 0.717) is 6.54 Å². The Kier molecular flexibility index (Phi) is 2.72. The Morgan fingerprint density at radius 2 is 2.28 bits per heavy atom. The summed E-state index contributed by atoms with van der Waals surface area (Å²) in [4.78, 5) is 4.41. The van der Waals surface area contributed by atoms with E-state index in [1.807, 2.05) is 31.2 Å². The van der Waals surface area contributed by atoms with Crippen LogP contribution in [-0.2, 0) is 13.0 Å². The Morgan fingerprint density at radius 3 is 3.06 bits per heavy atom. The number of anilines is 1. The molecule has 2 heterocycles.